The zero-order chi connectivity index (χ0) is 19.8. The minimum atomic E-state index is -2.28. The molecule has 1 heterocycles. The van der Waals surface area contributed by atoms with Crippen LogP contribution >= 0.6 is 0 Å². The van der Waals surface area contributed by atoms with Crippen LogP contribution in [-0.4, -0.2) is 56.5 Å². The third kappa shape index (κ3) is 4.06. The summed E-state index contributed by atoms with van der Waals surface area (Å²) in [6, 6.07) is 0. The zero-order valence-electron chi connectivity index (χ0n) is 15.7. The van der Waals surface area contributed by atoms with E-state index in [0.29, 0.717) is 6.54 Å². The number of aliphatic hydroxyl groups is 3. The van der Waals surface area contributed by atoms with Gasteiger partial charge in [-0.3, -0.25) is 0 Å². The number of rotatable bonds is 4. The van der Waals surface area contributed by atoms with Crippen LogP contribution in [0.1, 0.15) is 51.9 Å². The highest BCUT2D eigenvalue weighted by Crippen LogP contribution is 2.55. The van der Waals surface area contributed by atoms with Gasteiger partial charge in [-0.15, -0.1) is 0 Å². The van der Waals surface area contributed by atoms with Crippen molar-refractivity contribution in [3.8, 4) is 6.26 Å². The number of nitrogens with one attached hydrogen (secondary N) is 1. The van der Waals surface area contributed by atoms with Crippen LogP contribution < -0.4 is 5.32 Å². The maximum Gasteiger partial charge on any atom is 0.364 e. The third-order valence-corrected chi connectivity index (χ3v) is 7.08. The standard InChI is InChI=1S/C18H29NO5.CHNO/c1-10-14(20)8-18(23,16(21)22)24-15(10)9-19-17-5-11-2-12(6-17)4-13(3-11)7-17;2-1-3/h10-15,19-20,23H,2-9H2,1H3,(H,21,22);3H. The second kappa shape index (κ2) is 7.55. The molecule has 5 aliphatic rings. The Morgan fingerprint density at radius 2 is 1.67 bits per heavy atom. The van der Waals surface area contributed by atoms with Crippen LogP contribution in [0.2, 0.25) is 0 Å². The molecule has 4 atom stereocenters. The Morgan fingerprint density at radius 1 is 1.19 bits per heavy atom. The van der Waals surface area contributed by atoms with E-state index >= 15 is 0 Å². The fraction of sp³-hybridized carbons (Fsp3) is 0.895. The van der Waals surface area contributed by atoms with Gasteiger partial charge in [0, 0.05) is 24.4 Å². The van der Waals surface area contributed by atoms with Crippen molar-refractivity contribution in [2.45, 2.75) is 75.4 Å². The molecule has 1 aliphatic heterocycles. The number of aliphatic hydroxyl groups excluding tert-OH is 2. The van der Waals surface area contributed by atoms with Crippen LogP contribution in [0.25, 0.3) is 0 Å². The average Bonchev–Trinajstić information content (AvgIpc) is 2.56. The third-order valence-electron chi connectivity index (χ3n) is 7.08. The molecule has 1 saturated heterocycles. The van der Waals surface area contributed by atoms with E-state index in [9.17, 15) is 20.1 Å². The fourth-order valence-corrected chi connectivity index (χ4v) is 6.13. The van der Waals surface area contributed by atoms with E-state index in [1.54, 1.807) is 0 Å². The Kier molecular flexibility index (Phi) is 5.69. The van der Waals surface area contributed by atoms with Crippen LogP contribution in [0.15, 0.2) is 0 Å². The van der Waals surface area contributed by atoms with E-state index in [1.165, 1.54) is 38.5 Å². The predicted octanol–water partition coefficient (Wildman–Crippen LogP) is 0.944. The molecule has 4 aliphatic carbocycles. The molecule has 152 valence electrons. The van der Waals surface area contributed by atoms with Crippen molar-refractivity contribution in [3.63, 3.8) is 0 Å². The highest BCUT2D eigenvalue weighted by atomic mass is 16.7. The normalized spacial score (nSPS) is 47.6. The monoisotopic (exact) mass is 382 g/mol. The molecule has 8 nitrogen and oxygen atoms in total. The molecule has 0 aromatic rings. The van der Waals surface area contributed by atoms with Crippen LogP contribution in [0, 0.1) is 35.2 Å². The number of carboxylic acids is 1. The van der Waals surface area contributed by atoms with Gasteiger partial charge in [-0.05, 0) is 56.3 Å². The number of hydrogen-bond acceptors (Lipinski definition) is 7. The lowest BCUT2D eigenvalue weighted by Gasteiger charge is -2.57. The van der Waals surface area contributed by atoms with Gasteiger partial charge in [-0.1, -0.05) is 6.92 Å². The molecule has 5 N–H and O–H groups in total. The molecule has 4 saturated carbocycles. The molecule has 5 fully saturated rings. The minimum Gasteiger partial charge on any atom is -0.477 e. The first-order valence-electron chi connectivity index (χ1n) is 9.80. The minimum absolute atomic E-state index is 0.154. The molecular formula is C19H30N2O6. The highest BCUT2D eigenvalue weighted by molar-refractivity contribution is 5.75. The number of aliphatic carboxylic acids is 1. The number of ether oxygens (including phenoxy) is 1. The van der Waals surface area contributed by atoms with Gasteiger partial charge in [0.1, 0.15) is 0 Å². The largest absolute Gasteiger partial charge is 0.477 e. The molecule has 0 spiro atoms. The molecule has 0 aromatic heterocycles. The van der Waals surface area contributed by atoms with Gasteiger partial charge in [0.05, 0.1) is 12.2 Å². The Morgan fingerprint density at radius 3 is 2.11 bits per heavy atom. The molecule has 0 radical (unpaired) electrons. The lowest BCUT2D eigenvalue weighted by atomic mass is 9.53. The molecule has 0 aromatic carbocycles. The van der Waals surface area contributed by atoms with Gasteiger partial charge in [-0.25, -0.2) is 4.79 Å². The Bertz CT molecular complexity index is 570. The van der Waals surface area contributed by atoms with E-state index in [4.69, 9.17) is 15.1 Å². The van der Waals surface area contributed by atoms with Crippen molar-refractivity contribution >= 4 is 5.97 Å². The second-order valence-corrected chi connectivity index (χ2v) is 9.06. The van der Waals surface area contributed by atoms with E-state index in [2.05, 4.69) is 5.32 Å². The first kappa shape index (κ1) is 20.3. The molecule has 0 amide bonds. The van der Waals surface area contributed by atoms with Gasteiger partial charge in [-0.2, -0.15) is 5.26 Å². The van der Waals surface area contributed by atoms with E-state index < -0.39 is 24.0 Å². The van der Waals surface area contributed by atoms with Gasteiger partial charge in [0.2, 0.25) is 0 Å². The molecule has 4 unspecified atom stereocenters. The molecular weight excluding hydrogens is 352 g/mol. The maximum atomic E-state index is 11.3. The highest BCUT2D eigenvalue weighted by Gasteiger charge is 2.53. The van der Waals surface area contributed by atoms with E-state index in [-0.39, 0.29) is 17.9 Å². The average molecular weight is 382 g/mol. The molecule has 4 bridgehead atoms. The number of hydrogen-bond donors (Lipinski definition) is 5. The Labute approximate surface area is 159 Å². The quantitative estimate of drug-likeness (QED) is 0.452. The fourth-order valence-electron chi connectivity index (χ4n) is 6.13. The smallest absolute Gasteiger partial charge is 0.364 e. The summed E-state index contributed by atoms with van der Waals surface area (Å²) in [5, 5.41) is 47.0. The van der Waals surface area contributed by atoms with E-state index in [1.807, 2.05) is 6.92 Å². The summed E-state index contributed by atoms with van der Waals surface area (Å²) in [5.41, 5.74) is 0.154. The van der Waals surface area contributed by atoms with Crippen LogP contribution in [0.5, 0.6) is 0 Å². The van der Waals surface area contributed by atoms with Crippen molar-refractivity contribution in [3.05, 3.63) is 0 Å². The van der Waals surface area contributed by atoms with Crippen LogP contribution in [0.4, 0.5) is 0 Å². The van der Waals surface area contributed by atoms with Crippen LogP contribution in [0.3, 0.4) is 0 Å². The number of carbonyl (C=O) groups is 1. The summed E-state index contributed by atoms with van der Waals surface area (Å²) in [5.74, 6) is -1.42. The predicted molar refractivity (Wildman–Crippen MR) is 93.7 cm³/mol. The SMILES string of the molecule is CC1C(O)CC(O)(C(=O)O)OC1CNC12CC3CC(CC(C3)C1)C2.N#CO. The van der Waals surface area contributed by atoms with Crippen molar-refractivity contribution in [2.75, 3.05) is 6.54 Å². The van der Waals surface area contributed by atoms with Crippen molar-refractivity contribution < 1.29 is 30.0 Å². The second-order valence-electron chi connectivity index (χ2n) is 9.06. The van der Waals surface area contributed by atoms with Gasteiger partial charge in [0.15, 0.2) is 0 Å². The summed E-state index contributed by atoms with van der Waals surface area (Å²) in [6.45, 7) is 2.35. The molecule has 27 heavy (non-hydrogen) atoms. The lowest BCUT2D eigenvalue weighted by Crippen LogP contribution is -2.62. The number of nitrogens with zero attached hydrogens (tertiary/aromatic N) is 1. The molecule has 8 heteroatoms. The maximum absolute atomic E-state index is 11.3. The van der Waals surface area contributed by atoms with E-state index in [0.717, 1.165) is 24.0 Å². The summed E-state index contributed by atoms with van der Waals surface area (Å²) in [4.78, 5) is 11.3. The summed E-state index contributed by atoms with van der Waals surface area (Å²) in [7, 11) is 0. The van der Waals surface area contributed by atoms with Gasteiger partial charge >= 0.3 is 5.97 Å². The Hall–Kier alpha value is -1.40. The summed E-state index contributed by atoms with van der Waals surface area (Å²) >= 11 is 0. The summed E-state index contributed by atoms with van der Waals surface area (Å²) < 4.78 is 5.52. The lowest BCUT2D eigenvalue weighted by molar-refractivity contribution is -0.282. The van der Waals surface area contributed by atoms with Gasteiger partial charge < -0.3 is 30.5 Å². The number of carboxylic acid groups (broad SMARTS) is 1. The number of nitriles is 1. The topological polar surface area (TPSA) is 143 Å². The molecule has 5 rings (SSSR count). The van der Waals surface area contributed by atoms with Gasteiger partial charge in [0.25, 0.3) is 12.0 Å². The Balaban J connectivity index is 0.000000659. The van der Waals surface area contributed by atoms with Crippen molar-refractivity contribution in [2.24, 2.45) is 23.7 Å². The van der Waals surface area contributed by atoms with Crippen molar-refractivity contribution in [1.82, 2.24) is 5.32 Å². The zero-order valence-corrected chi connectivity index (χ0v) is 15.7. The first-order chi connectivity index (χ1) is 12.7. The van der Waals surface area contributed by atoms with Crippen molar-refractivity contribution in [1.29, 1.82) is 5.26 Å². The first-order valence-corrected chi connectivity index (χ1v) is 9.80. The summed E-state index contributed by atoms with van der Waals surface area (Å²) in [6.07, 6.45) is 6.81. The van der Waals surface area contributed by atoms with Crippen LogP contribution in [-0.2, 0) is 9.53 Å².